The first-order valence-electron chi connectivity index (χ1n) is 13.4. The van der Waals surface area contributed by atoms with Gasteiger partial charge in [-0.05, 0) is 52.4 Å². The van der Waals surface area contributed by atoms with E-state index in [0.717, 1.165) is 16.7 Å². The number of carbonyl (C=O) groups is 1. The maximum atomic E-state index is 13.6. The van der Waals surface area contributed by atoms with E-state index < -0.39 is 16.1 Å². The molecule has 41 heavy (non-hydrogen) atoms. The molecule has 0 fully saturated rings. The Kier molecular flexibility index (Phi) is 7.71. The van der Waals surface area contributed by atoms with Crippen LogP contribution in [0.15, 0.2) is 108 Å². The van der Waals surface area contributed by atoms with E-state index in [2.05, 4.69) is 35.8 Å². The highest BCUT2D eigenvalue weighted by Crippen LogP contribution is 2.35. The number of aromatic nitrogens is 1. The summed E-state index contributed by atoms with van der Waals surface area (Å²) in [4.78, 5) is 17.0. The Bertz CT molecular complexity index is 1770. The Morgan fingerprint density at radius 3 is 2.12 bits per heavy atom. The van der Waals surface area contributed by atoms with Crippen molar-refractivity contribution in [2.45, 2.75) is 37.1 Å². The van der Waals surface area contributed by atoms with E-state index in [4.69, 9.17) is 0 Å². The van der Waals surface area contributed by atoms with Crippen LogP contribution in [0.25, 0.3) is 22.0 Å². The summed E-state index contributed by atoms with van der Waals surface area (Å²) in [6, 6.07) is 30.1. The fourth-order valence-electron chi connectivity index (χ4n) is 4.83. The largest absolute Gasteiger partial charge is 0.394 e. The van der Waals surface area contributed by atoms with Crippen LogP contribution in [0, 0.1) is 0 Å². The highest BCUT2D eigenvalue weighted by molar-refractivity contribution is 7.92. The lowest BCUT2D eigenvalue weighted by molar-refractivity contribution is 0.0912. The maximum absolute atomic E-state index is 13.6. The van der Waals surface area contributed by atoms with Crippen molar-refractivity contribution < 1.29 is 18.3 Å². The lowest BCUT2D eigenvalue weighted by Crippen LogP contribution is -2.31. The van der Waals surface area contributed by atoms with Crippen LogP contribution in [0.4, 0.5) is 5.69 Å². The predicted octanol–water partition coefficient (Wildman–Crippen LogP) is 6.40. The number of amides is 1. The van der Waals surface area contributed by atoms with Gasteiger partial charge in [-0.1, -0.05) is 93.6 Å². The molecule has 0 spiro atoms. The van der Waals surface area contributed by atoms with Crippen molar-refractivity contribution in [3.8, 4) is 11.1 Å². The van der Waals surface area contributed by atoms with Crippen molar-refractivity contribution in [1.29, 1.82) is 0 Å². The number of aliphatic hydroxyl groups is 1. The molecule has 0 bridgehead atoms. The fourth-order valence-corrected chi connectivity index (χ4v) is 5.88. The average molecular weight is 568 g/mol. The van der Waals surface area contributed by atoms with Crippen molar-refractivity contribution in [2.75, 3.05) is 11.3 Å². The molecule has 0 aliphatic carbocycles. The molecule has 5 aromatic rings. The number of aromatic amines is 1. The zero-order chi connectivity index (χ0) is 29.2. The van der Waals surface area contributed by atoms with Crippen LogP contribution in [-0.2, 0) is 15.4 Å². The number of H-pyrrole nitrogens is 1. The van der Waals surface area contributed by atoms with E-state index in [1.54, 1.807) is 30.3 Å². The third-order valence-corrected chi connectivity index (χ3v) is 8.46. The van der Waals surface area contributed by atoms with E-state index in [0.29, 0.717) is 27.8 Å². The van der Waals surface area contributed by atoms with Crippen molar-refractivity contribution >= 4 is 32.5 Å². The van der Waals surface area contributed by atoms with Crippen LogP contribution in [-0.4, -0.2) is 31.0 Å². The second-order valence-corrected chi connectivity index (χ2v) is 12.7. The molecule has 0 aliphatic heterocycles. The molecule has 0 saturated heterocycles. The zero-order valence-corrected chi connectivity index (χ0v) is 24.0. The molecule has 0 aliphatic rings. The summed E-state index contributed by atoms with van der Waals surface area (Å²) in [6.07, 6.45) is 0. The molecule has 210 valence electrons. The first kappa shape index (κ1) is 28.1. The van der Waals surface area contributed by atoms with E-state index >= 15 is 0 Å². The summed E-state index contributed by atoms with van der Waals surface area (Å²) in [5.74, 6) is -0.385. The van der Waals surface area contributed by atoms with Gasteiger partial charge in [0.1, 0.15) is 5.69 Å². The third kappa shape index (κ3) is 6.04. The Hall–Kier alpha value is -4.40. The first-order chi connectivity index (χ1) is 19.6. The molecular formula is C33H33N3O4S. The molecule has 1 amide bonds. The van der Waals surface area contributed by atoms with Gasteiger partial charge in [0, 0.05) is 22.2 Å². The summed E-state index contributed by atoms with van der Waals surface area (Å²) < 4.78 is 29.2. The quantitative estimate of drug-likeness (QED) is 0.174. The van der Waals surface area contributed by atoms with Crippen molar-refractivity contribution in [3.63, 3.8) is 0 Å². The van der Waals surface area contributed by atoms with Crippen LogP contribution in [0.1, 0.15) is 48.4 Å². The standard InChI is InChI=1S/C33H33N3O4S/c1-33(2,3)24-14-17-26(18-15-24)41(39,40)36-25-16-19-28-27(20-25)30(23-12-8-5-9-13-23)31(34-28)32(38)35-29(21-37)22-10-6-4-7-11-22/h4-20,29,34,36-37H,21H2,1-3H3,(H,35,38)/t29-/m0/s1. The topological polar surface area (TPSA) is 111 Å². The number of benzene rings is 4. The second-order valence-electron chi connectivity index (χ2n) is 11.0. The third-order valence-electron chi connectivity index (χ3n) is 7.06. The van der Waals surface area contributed by atoms with E-state index in [1.165, 1.54) is 0 Å². The summed E-state index contributed by atoms with van der Waals surface area (Å²) in [6.45, 7) is 5.96. The second kappa shape index (κ2) is 11.2. The number of hydrogen-bond acceptors (Lipinski definition) is 4. The van der Waals surface area contributed by atoms with Crippen LogP contribution in [0.2, 0.25) is 0 Å². The minimum Gasteiger partial charge on any atom is -0.394 e. The normalized spacial score (nSPS) is 12.7. The molecule has 1 atom stereocenters. The number of carbonyl (C=O) groups excluding carboxylic acids is 1. The van der Waals surface area contributed by atoms with Gasteiger partial charge < -0.3 is 15.4 Å². The number of aliphatic hydroxyl groups excluding tert-OH is 1. The van der Waals surface area contributed by atoms with Gasteiger partial charge in [0.2, 0.25) is 0 Å². The van der Waals surface area contributed by atoms with Crippen LogP contribution in [0.3, 0.4) is 0 Å². The van der Waals surface area contributed by atoms with E-state index in [-0.39, 0.29) is 22.8 Å². The highest BCUT2D eigenvalue weighted by atomic mass is 32.2. The van der Waals surface area contributed by atoms with Gasteiger partial charge in [0.05, 0.1) is 17.5 Å². The molecule has 5 rings (SSSR count). The van der Waals surface area contributed by atoms with Gasteiger partial charge in [-0.25, -0.2) is 8.42 Å². The Labute approximate surface area is 240 Å². The van der Waals surface area contributed by atoms with Gasteiger partial charge in [-0.15, -0.1) is 0 Å². The van der Waals surface area contributed by atoms with Gasteiger partial charge in [0.25, 0.3) is 15.9 Å². The molecule has 0 radical (unpaired) electrons. The van der Waals surface area contributed by atoms with Gasteiger partial charge >= 0.3 is 0 Å². The number of sulfonamides is 1. The van der Waals surface area contributed by atoms with Crippen LogP contribution in [0.5, 0.6) is 0 Å². The Balaban J connectivity index is 1.52. The smallest absolute Gasteiger partial charge is 0.268 e. The molecular weight excluding hydrogens is 534 g/mol. The predicted molar refractivity (Wildman–Crippen MR) is 163 cm³/mol. The van der Waals surface area contributed by atoms with Gasteiger partial charge in [-0.2, -0.15) is 0 Å². The average Bonchev–Trinajstić information content (AvgIpc) is 3.35. The maximum Gasteiger partial charge on any atom is 0.268 e. The first-order valence-corrected chi connectivity index (χ1v) is 14.9. The molecule has 0 saturated carbocycles. The fraction of sp³-hybridized carbons (Fsp3) is 0.182. The molecule has 7 nitrogen and oxygen atoms in total. The number of nitrogens with one attached hydrogen (secondary N) is 3. The summed E-state index contributed by atoms with van der Waals surface area (Å²) in [5.41, 5.74) is 4.53. The van der Waals surface area contributed by atoms with Gasteiger partial charge in [0.15, 0.2) is 0 Å². The lowest BCUT2D eigenvalue weighted by atomic mass is 9.87. The number of hydrogen-bond donors (Lipinski definition) is 4. The van der Waals surface area contributed by atoms with Crippen LogP contribution < -0.4 is 10.0 Å². The van der Waals surface area contributed by atoms with Crippen molar-refractivity contribution in [2.24, 2.45) is 0 Å². The van der Waals surface area contributed by atoms with E-state index in [1.807, 2.05) is 72.8 Å². The molecule has 4 aromatic carbocycles. The van der Waals surface area contributed by atoms with Gasteiger partial charge in [-0.3, -0.25) is 9.52 Å². The number of rotatable bonds is 8. The van der Waals surface area contributed by atoms with Crippen molar-refractivity contribution in [3.05, 3.63) is 120 Å². The minimum absolute atomic E-state index is 0.0921. The molecule has 1 heterocycles. The zero-order valence-electron chi connectivity index (χ0n) is 23.2. The summed E-state index contributed by atoms with van der Waals surface area (Å²) in [7, 11) is -3.85. The summed E-state index contributed by atoms with van der Waals surface area (Å²) in [5, 5.41) is 13.6. The highest BCUT2D eigenvalue weighted by Gasteiger charge is 2.23. The monoisotopic (exact) mass is 567 g/mol. The molecule has 4 N–H and O–H groups in total. The van der Waals surface area contributed by atoms with Crippen molar-refractivity contribution in [1.82, 2.24) is 10.3 Å². The lowest BCUT2D eigenvalue weighted by Gasteiger charge is -2.19. The number of anilines is 1. The Morgan fingerprint density at radius 1 is 0.878 bits per heavy atom. The minimum atomic E-state index is -3.85. The van der Waals surface area contributed by atoms with Crippen LogP contribution >= 0.6 is 0 Å². The summed E-state index contributed by atoms with van der Waals surface area (Å²) >= 11 is 0. The van der Waals surface area contributed by atoms with E-state index in [9.17, 15) is 18.3 Å². The number of fused-ring (bicyclic) bond motifs is 1. The molecule has 1 aromatic heterocycles. The SMILES string of the molecule is CC(C)(C)c1ccc(S(=O)(=O)Nc2ccc3[nH]c(C(=O)N[C@@H](CO)c4ccccc4)c(-c4ccccc4)c3c2)cc1. The molecule has 0 unspecified atom stereocenters. The Morgan fingerprint density at radius 2 is 1.51 bits per heavy atom. The molecule has 8 heteroatoms.